The van der Waals surface area contributed by atoms with Gasteiger partial charge in [0.2, 0.25) is 0 Å². The number of carbonyl (C=O) groups is 3. The maximum absolute atomic E-state index is 12.8. The van der Waals surface area contributed by atoms with E-state index < -0.39 is 6.10 Å². The average molecular weight is 821 g/mol. The zero-order chi connectivity index (χ0) is 42.4. The standard InChI is InChI=1S/C52H100O6/c1-5-7-9-11-13-15-17-19-23-27-31-35-39-43-50(53)56-46-49(58-52(55)45-41-37-33-29-24-20-18-16-14-12-10-8-6-2)47-57-51(54)44-40-36-32-28-25-21-22-26-30-34-38-42-48(3)4/h48-49H,5-47H2,1-4H3/t49-/m0/s1. The van der Waals surface area contributed by atoms with Gasteiger partial charge in [-0.15, -0.1) is 0 Å². The number of ether oxygens (including phenoxy) is 3. The Labute approximate surface area is 361 Å². The summed E-state index contributed by atoms with van der Waals surface area (Å²) in [5.41, 5.74) is 0. The normalized spacial score (nSPS) is 11.9. The highest BCUT2D eigenvalue weighted by Gasteiger charge is 2.19. The lowest BCUT2D eigenvalue weighted by molar-refractivity contribution is -0.167. The minimum Gasteiger partial charge on any atom is -0.462 e. The summed E-state index contributed by atoms with van der Waals surface area (Å²) < 4.78 is 16.8. The van der Waals surface area contributed by atoms with Crippen molar-refractivity contribution in [3.63, 3.8) is 0 Å². The largest absolute Gasteiger partial charge is 0.462 e. The summed E-state index contributed by atoms with van der Waals surface area (Å²) in [6.45, 7) is 9.02. The van der Waals surface area contributed by atoms with Crippen LogP contribution in [0, 0.1) is 5.92 Å². The van der Waals surface area contributed by atoms with Crippen molar-refractivity contribution in [3.8, 4) is 0 Å². The summed E-state index contributed by atoms with van der Waals surface area (Å²) in [4.78, 5) is 37.9. The second kappa shape index (κ2) is 46.5. The first kappa shape index (κ1) is 56.4. The van der Waals surface area contributed by atoms with Gasteiger partial charge in [-0.25, -0.2) is 0 Å². The molecule has 6 heteroatoms. The van der Waals surface area contributed by atoms with Crippen LogP contribution in [0.1, 0.15) is 291 Å². The second-order valence-corrected chi connectivity index (χ2v) is 18.3. The molecule has 0 aromatic carbocycles. The van der Waals surface area contributed by atoms with E-state index in [-0.39, 0.29) is 31.1 Å². The smallest absolute Gasteiger partial charge is 0.306 e. The number of rotatable bonds is 47. The Kier molecular flexibility index (Phi) is 45.2. The summed E-state index contributed by atoms with van der Waals surface area (Å²) in [5, 5.41) is 0. The molecule has 6 nitrogen and oxygen atoms in total. The molecule has 0 aromatic heterocycles. The van der Waals surface area contributed by atoms with E-state index in [2.05, 4.69) is 27.7 Å². The Morgan fingerprint density at radius 3 is 0.845 bits per heavy atom. The summed E-state index contributed by atoms with van der Waals surface area (Å²) >= 11 is 0. The van der Waals surface area contributed by atoms with Crippen LogP contribution in [-0.4, -0.2) is 37.2 Å². The summed E-state index contributed by atoms with van der Waals surface area (Å²) in [5.74, 6) is -0.0170. The van der Waals surface area contributed by atoms with Crippen LogP contribution in [0.4, 0.5) is 0 Å². The van der Waals surface area contributed by atoms with Crippen molar-refractivity contribution in [1.82, 2.24) is 0 Å². The van der Waals surface area contributed by atoms with Gasteiger partial charge in [-0.2, -0.15) is 0 Å². The van der Waals surface area contributed by atoms with E-state index in [1.54, 1.807) is 0 Å². The predicted molar refractivity (Wildman–Crippen MR) is 247 cm³/mol. The fourth-order valence-electron chi connectivity index (χ4n) is 7.86. The summed E-state index contributed by atoms with van der Waals surface area (Å²) in [6.07, 6.45) is 47.9. The molecule has 0 aliphatic heterocycles. The zero-order valence-electron chi connectivity index (χ0n) is 39.5. The van der Waals surface area contributed by atoms with Crippen molar-refractivity contribution in [2.45, 2.75) is 297 Å². The molecular formula is C52H100O6. The third-order valence-corrected chi connectivity index (χ3v) is 11.8. The summed E-state index contributed by atoms with van der Waals surface area (Å²) in [7, 11) is 0. The van der Waals surface area contributed by atoms with Gasteiger partial charge in [0.1, 0.15) is 13.2 Å². The van der Waals surface area contributed by atoms with Crippen molar-refractivity contribution >= 4 is 17.9 Å². The van der Waals surface area contributed by atoms with E-state index >= 15 is 0 Å². The van der Waals surface area contributed by atoms with E-state index in [0.29, 0.717) is 19.3 Å². The molecule has 0 aliphatic carbocycles. The molecule has 0 aromatic rings. The molecule has 58 heavy (non-hydrogen) atoms. The Morgan fingerprint density at radius 2 is 0.569 bits per heavy atom. The van der Waals surface area contributed by atoms with Gasteiger partial charge < -0.3 is 14.2 Å². The van der Waals surface area contributed by atoms with Gasteiger partial charge in [0.25, 0.3) is 0 Å². The van der Waals surface area contributed by atoms with E-state index in [0.717, 1.165) is 63.7 Å². The molecule has 0 radical (unpaired) electrons. The van der Waals surface area contributed by atoms with Gasteiger partial charge in [-0.05, 0) is 25.2 Å². The van der Waals surface area contributed by atoms with Crippen molar-refractivity contribution in [1.29, 1.82) is 0 Å². The second-order valence-electron chi connectivity index (χ2n) is 18.3. The lowest BCUT2D eigenvalue weighted by Gasteiger charge is -2.18. The highest BCUT2D eigenvalue weighted by Crippen LogP contribution is 2.17. The Morgan fingerprint density at radius 1 is 0.328 bits per heavy atom. The molecule has 0 saturated heterocycles. The molecule has 0 spiro atoms. The minimum atomic E-state index is -0.760. The van der Waals surface area contributed by atoms with Crippen molar-refractivity contribution < 1.29 is 28.6 Å². The number of esters is 3. The van der Waals surface area contributed by atoms with Gasteiger partial charge in [0.05, 0.1) is 0 Å². The topological polar surface area (TPSA) is 78.9 Å². The van der Waals surface area contributed by atoms with E-state index in [1.165, 1.54) is 186 Å². The number of carbonyl (C=O) groups excluding carboxylic acids is 3. The van der Waals surface area contributed by atoms with Gasteiger partial charge in [0.15, 0.2) is 6.10 Å². The highest BCUT2D eigenvalue weighted by atomic mass is 16.6. The molecule has 0 aliphatic rings. The van der Waals surface area contributed by atoms with Crippen LogP contribution in [-0.2, 0) is 28.6 Å². The third kappa shape index (κ3) is 45.5. The molecule has 0 N–H and O–H groups in total. The fourth-order valence-corrected chi connectivity index (χ4v) is 7.86. The Bertz CT molecular complexity index is 872. The number of hydrogen-bond donors (Lipinski definition) is 0. The van der Waals surface area contributed by atoms with E-state index in [9.17, 15) is 14.4 Å². The molecule has 0 heterocycles. The van der Waals surface area contributed by atoms with Crippen LogP contribution in [0.2, 0.25) is 0 Å². The Hall–Kier alpha value is -1.59. The van der Waals surface area contributed by atoms with Gasteiger partial charge >= 0.3 is 17.9 Å². The first-order valence-electron chi connectivity index (χ1n) is 25.9. The van der Waals surface area contributed by atoms with Crippen LogP contribution in [0.15, 0.2) is 0 Å². The first-order chi connectivity index (χ1) is 28.4. The minimum absolute atomic E-state index is 0.0627. The fraction of sp³-hybridized carbons (Fsp3) is 0.942. The molecule has 0 saturated carbocycles. The lowest BCUT2D eigenvalue weighted by atomic mass is 10.0. The Balaban J connectivity index is 4.31. The average Bonchev–Trinajstić information content (AvgIpc) is 3.21. The molecule has 0 fully saturated rings. The zero-order valence-corrected chi connectivity index (χ0v) is 39.5. The van der Waals surface area contributed by atoms with Crippen LogP contribution in [0.5, 0.6) is 0 Å². The van der Waals surface area contributed by atoms with Crippen LogP contribution in [0.3, 0.4) is 0 Å². The molecule has 1 atom stereocenters. The first-order valence-corrected chi connectivity index (χ1v) is 25.9. The summed E-state index contributed by atoms with van der Waals surface area (Å²) in [6, 6.07) is 0. The molecule has 0 bridgehead atoms. The third-order valence-electron chi connectivity index (χ3n) is 11.8. The molecular weight excluding hydrogens is 721 g/mol. The molecule has 0 amide bonds. The van der Waals surface area contributed by atoms with Gasteiger partial charge in [-0.1, -0.05) is 252 Å². The SMILES string of the molecule is CCCCCCCCCCCCCCCC(=O)OC[C@@H](COC(=O)CCCCCCCCCCCCCC(C)C)OC(=O)CCCCCCCCCCCCCCC. The molecule has 0 rings (SSSR count). The van der Waals surface area contributed by atoms with Crippen molar-refractivity contribution in [2.24, 2.45) is 5.92 Å². The molecule has 344 valence electrons. The van der Waals surface area contributed by atoms with E-state index in [1.807, 2.05) is 0 Å². The monoisotopic (exact) mass is 821 g/mol. The lowest BCUT2D eigenvalue weighted by Crippen LogP contribution is -2.30. The van der Waals surface area contributed by atoms with Crippen molar-refractivity contribution in [3.05, 3.63) is 0 Å². The van der Waals surface area contributed by atoms with Crippen LogP contribution >= 0.6 is 0 Å². The quantitative estimate of drug-likeness (QED) is 0.0346. The highest BCUT2D eigenvalue weighted by molar-refractivity contribution is 5.71. The predicted octanol–water partition coefficient (Wildman–Crippen LogP) is 16.7. The van der Waals surface area contributed by atoms with Crippen LogP contribution in [0.25, 0.3) is 0 Å². The number of hydrogen-bond acceptors (Lipinski definition) is 6. The maximum atomic E-state index is 12.8. The van der Waals surface area contributed by atoms with E-state index in [4.69, 9.17) is 14.2 Å². The van der Waals surface area contributed by atoms with Crippen molar-refractivity contribution in [2.75, 3.05) is 13.2 Å². The van der Waals surface area contributed by atoms with Gasteiger partial charge in [0, 0.05) is 19.3 Å². The number of unbranched alkanes of at least 4 members (excludes halogenated alkanes) is 34. The molecule has 0 unspecified atom stereocenters. The maximum Gasteiger partial charge on any atom is 0.306 e. The van der Waals surface area contributed by atoms with Crippen LogP contribution < -0.4 is 0 Å². The van der Waals surface area contributed by atoms with Gasteiger partial charge in [-0.3, -0.25) is 14.4 Å².